The van der Waals surface area contributed by atoms with Gasteiger partial charge in [-0.2, -0.15) is 0 Å². The van der Waals surface area contributed by atoms with Gasteiger partial charge in [0, 0.05) is 61.4 Å². The van der Waals surface area contributed by atoms with Crippen molar-refractivity contribution in [3.63, 3.8) is 0 Å². The zero-order valence-electron chi connectivity index (χ0n) is 15.8. The first-order valence-corrected chi connectivity index (χ1v) is 10.3. The molecule has 0 aliphatic carbocycles. The van der Waals surface area contributed by atoms with E-state index in [1.165, 1.54) is 43.0 Å². The summed E-state index contributed by atoms with van der Waals surface area (Å²) in [6, 6.07) is 14.4. The number of nitrogens with zero attached hydrogens (tertiary/aromatic N) is 3. The Kier molecular flexibility index (Phi) is 7.81. The number of nitrogens with one attached hydrogen (secondary N) is 2. The van der Waals surface area contributed by atoms with Crippen molar-refractivity contribution in [1.29, 1.82) is 0 Å². The van der Waals surface area contributed by atoms with Crippen LogP contribution < -0.4 is 15.5 Å². The lowest BCUT2D eigenvalue weighted by molar-refractivity contribution is -0.115. The molecule has 2 aromatic heterocycles. The highest BCUT2D eigenvalue weighted by atomic mass is 32.1. The van der Waals surface area contributed by atoms with Gasteiger partial charge in [0.05, 0.1) is 0 Å². The van der Waals surface area contributed by atoms with Crippen LogP contribution in [0.25, 0.3) is 0 Å². The van der Waals surface area contributed by atoms with Crippen LogP contribution in [0.2, 0.25) is 0 Å². The number of benzene rings is 1. The molecule has 0 unspecified atom stereocenters. The fraction of sp³-hybridized carbons (Fsp3) is 0.286. The first kappa shape index (κ1) is 19.8. The Morgan fingerprint density at radius 2 is 1.79 bits per heavy atom. The van der Waals surface area contributed by atoms with E-state index in [-0.39, 0.29) is 5.91 Å². The second-order valence-electron chi connectivity index (χ2n) is 6.33. The summed E-state index contributed by atoms with van der Waals surface area (Å²) in [7, 11) is 0. The first-order valence-electron chi connectivity index (χ1n) is 9.44. The number of rotatable bonds is 6. The normalized spacial score (nSPS) is 12.8. The molecular weight excluding hydrogens is 370 g/mol. The predicted octanol–water partition coefficient (Wildman–Crippen LogP) is 4.27. The molecule has 0 saturated carbocycles. The van der Waals surface area contributed by atoms with Crippen molar-refractivity contribution in [1.82, 2.24) is 9.97 Å². The van der Waals surface area contributed by atoms with Gasteiger partial charge in [-0.05, 0) is 37.1 Å². The van der Waals surface area contributed by atoms with Crippen LogP contribution in [0.1, 0.15) is 19.3 Å². The molecule has 1 amide bonds. The highest BCUT2D eigenvalue weighted by Gasteiger charge is 2.10. The summed E-state index contributed by atoms with van der Waals surface area (Å²) >= 11 is 1.41. The van der Waals surface area contributed by atoms with E-state index in [4.69, 9.17) is 0 Å². The maximum Gasteiger partial charge on any atom is 0.227 e. The van der Waals surface area contributed by atoms with E-state index in [1.807, 2.05) is 17.5 Å². The van der Waals surface area contributed by atoms with E-state index in [1.54, 1.807) is 18.6 Å². The Bertz CT molecular complexity index is 805. The van der Waals surface area contributed by atoms with Gasteiger partial charge in [0.2, 0.25) is 5.91 Å². The van der Waals surface area contributed by atoms with Crippen molar-refractivity contribution in [2.24, 2.45) is 0 Å². The van der Waals surface area contributed by atoms with E-state index in [0.717, 1.165) is 5.69 Å². The molecule has 0 bridgehead atoms. The van der Waals surface area contributed by atoms with E-state index in [2.05, 4.69) is 55.8 Å². The van der Waals surface area contributed by atoms with Crippen LogP contribution in [0.4, 0.5) is 16.5 Å². The van der Waals surface area contributed by atoms with Crippen LogP contribution in [0.5, 0.6) is 0 Å². The third-order valence-corrected chi connectivity index (χ3v) is 4.96. The molecule has 3 aromatic rings. The minimum Gasteiger partial charge on any atom is -0.384 e. The summed E-state index contributed by atoms with van der Waals surface area (Å²) in [4.78, 5) is 21.8. The zero-order chi connectivity index (χ0) is 19.4. The van der Waals surface area contributed by atoms with E-state index in [0.29, 0.717) is 18.1 Å². The molecule has 1 aromatic carbocycles. The number of aromatic nitrogens is 2. The molecule has 146 valence electrons. The van der Waals surface area contributed by atoms with Crippen LogP contribution in [0, 0.1) is 0 Å². The molecule has 4 rings (SSSR count). The fourth-order valence-electron chi connectivity index (χ4n) is 2.87. The third-order valence-electron chi connectivity index (χ3n) is 4.27. The molecule has 1 saturated heterocycles. The van der Waals surface area contributed by atoms with Crippen LogP contribution in [0.15, 0.2) is 66.4 Å². The largest absolute Gasteiger partial charge is 0.384 e. The van der Waals surface area contributed by atoms with Gasteiger partial charge >= 0.3 is 0 Å². The first-order chi connectivity index (χ1) is 13.8. The molecule has 6 nitrogen and oxygen atoms in total. The van der Waals surface area contributed by atoms with Crippen LogP contribution >= 0.6 is 11.3 Å². The van der Waals surface area contributed by atoms with Crippen molar-refractivity contribution in [2.75, 3.05) is 35.2 Å². The second-order valence-corrected chi connectivity index (χ2v) is 7.22. The maximum atomic E-state index is 11.5. The van der Waals surface area contributed by atoms with Gasteiger partial charge in [-0.15, -0.1) is 11.3 Å². The number of para-hydroxylation sites is 1. The van der Waals surface area contributed by atoms with Crippen LogP contribution in [-0.2, 0) is 4.79 Å². The van der Waals surface area contributed by atoms with Crippen LogP contribution in [0.3, 0.4) is 0 Å². The Hall–Kier alpha value is -2.93. The highest BCUT2D eigenvalue weighted by molar-refractivity contribution is 7.13. The fourth-order valence-corrected chi connectivity index (χ4v) is 3.42. The lowest BCUT2D eigenvalue weighted by Gasteiger charge is -2.16. The Morgan fingerprint density at radius 1 is 1.04 bits per heavy atom. The van der Waals surface area contributed by atoms with Crippen molar-refractivity contribution in [3.8, 4) is 0 Å². The number of hydrogen-bond donors (Lipinski definition) is 2. The summed E-state index contributed by atoms with van der Waals surface area (Å²) in [6.07, 6.45) is 8.19. The number of thiazole rings is 1. The monoisotopic (exact) mass is 395 g/mol. The Balaban J connectivity index is 0.000000176. The number of pyridine rings is 1. The summed E-state index contributed by atoms with van der Waals surface area (Å²) in [5.74, 6) is -0.0403. The number of amides is 1. The van der Waals surface area contributed by atoms with Gasteiger partial charge in [-0.25, -0.2) is 4.98 Å². The second kappa shape index (κ2) is 11.0. The SMILES string of the molecule is O=C(CCNc1ccncc1)Nc1nccs1.c1ccc(N2CCCC2)cc1. The van der Waals surface area contributed by atoms with E-state index >= 15 is 0 Å². The zero-order valence-corrected chi connectivity index (χ0v) is 16.6. The molecular formula is C21H25N5OS. The summed E-state index contributed by atoms with van der Waals surface area (Å²) < 4.78 is 0. The van der Waals surface area contributed by atoms with Crippen molar-refractivity contribution < 1.29 is 4.79 Å². The minimum absolute atomic E-state index is 0.0403. The smallest absolute Gasteiger partial charge is 0.227 e. The topological polar surface area (TPSA) is 70.1 Å². The minimum atomic E-state index is -0.0403. The predicted molar refractivity (Wildman–Crippen MR) is 116 cm³/mol. The number of hydrogen-bond acceptors (Lipinski definition) is 6. The van der Waals surface area contributed by atoms with Gasteiger partial charge in [0.15, 0.2) is 5.13 Å². The molecule has 3 heterocycles. The van der Waals surface area contributed by atoms with Gasteiger partial charge < -0.3 is 15.5 Å². The van der Waals surface area contributed by atoms with Crippen molar-refractivity contribution >= 4 is 33.8 Å². The lowest BCUT2D eigenvalue weighted by atomic mass is 10.3. The summed E-state index contributed by atoms with van der Waals surface area (Å²) in [6.45, 7) is 3.06. The molecule has 2 N–H and O–H groups in total. The van der Waals surface area contributed by atoms with Gasteiger partial charge in [0.25, 0.3) is 0 Å². The highest BCUT2D eigenvalue weighted by Crippen LogP contribution is 2.18. The average molecular weight is 396 g/mol. The number of carbonyl (C=O) groups is 1. The molecule has 28 heavy (non-hydrogen) atoms. The standard InChI is InChI=1S/C11H12N4OS.C10H13N/c16-10(15-11-14-7-8-17-11)3-6-13-9-1-4-12-5-2-9;1-2-6-10(7-3-1)11-8-4-5-9-11/h1-2,4-5,7-8H,3,6H2,(H,12,13)(H,14,15,16);1-3,6-7H,4-5,8-9H2. The average Bonchev–Trinajstić information content (AvgIpc) is 3.44. The summed E-state index contributed by atoms with van der Waals surface area (Å²) in [5.41, 5.74) is 2.34. The third kappa shape index (κ3) is 6.66. The molecule has 0 spiro atoms. The van der Waals surface area contributed by atoms with E-state index < -0.39 is 0 Å². The molecule has 1 aliphatic rings. The van der Waals surface area contributed by atoms with Gasteiger partial charge in [0.1, 0.15) is 0 Å². The Labute approximate surface area is 169 Å². The quantitative estimate of drug-likeness (QED) is 0.652. The molecule has 1 aliphatic heterocycles. The van der Waals surface area contributed by atoms with Gasteiger partial charge in [-0.3, -0.25) is 9.78 Å². The van der Waals surface area contributed by atoms with Crippen LogP contribution in [-0.4, -0.2) is 35.5 Å². The maximum absolute atomic E-state index is 11.5. The molecule has 7 heteroatoms. The number of carbonyl (C=O) groups excluding carboxylic acids is 1. The Morgan fingerprint density at radius 3 is 2.46 bits per heavy atom. The number of anilines is 3. The van der Waals surface area contributed by atoms with Gasteiger partial charge in [-0.1, -0.05) is 18.2 Å². The van der Waals surface area contributed by atoms with E-state index in [9.17, 15) is 4.79 Å². The lowest BCUT2D eigenvalue weighted by Crippen LogP contribution is -2.16. The summed E-state index contributed by atoms with van der Waals surface area (Å²) in [5, 5.41) is 8.32. The van der Waals surface area contributed by atoms with Crippen molar-refractivity contribution in [2.45, 2.75) is 19.3 Å². The van der Waals surface area contributed by atoms with Crippen molar-refractivity contribution in [3.05, 3.63) is 66.4 Å². The molecule has 0 radical (unpaired) electrons. The molecule has 0 atom stereocenters. The molecule has 1 fully saturated rings.